The van der Waals surface area contributed by atoms with Crippen LogP contribution in [0.25, 0.3) is 6.08 Å². The van der Waals surface area contributed by atoms with Gasteiger partial charge < -0.3 is 9.47 Å². The Bertz CT molecular complexity index is 805. The van der Waals surface area contributed by atoms with Crippen LogP contribution in [0.2, 0.25) is 5.02 Å². The molecule has 0 radical (unpaired) electrons. The second-order valence-corrected chi connectivity index (χ2v) is 5.28. The molecule has 0 aliphatic carbocycles. The summed E-state index contributed by atoms with van der Waals surface area (Å²) in [7, 11) is 3.07. The molecule has 0 aromatic heterocycles. The molecule has 0 fully saturated rings. The van der Waals surface area contributed by atoms with Gasteiger partial charge in [-0.1, -0.05) is 29.8 Å². The highest BCUT2D eigenvalue weighted by atomic mass is 35.5. The van der Waals surface area contributed by atoms with Crippen molar-refractivity contribution in [2.24, 2.45) is 0 Å². The Labute approximate surface area is 150 Å². The molecular formula is C18H17ClN2O4. The van der Waals surface area contributed by atoms with Gasteiger partial charge in [-0.25, -0.2) is 0 Å². The number of carbonyl (C=O) groups is 2. The molecule has 0 aliphatic heterocycles. The van der Waals surface area contributed by atoms with Crippen LogP contribution in [0.1, 0.15) is 15.9 Å². The molecule has 2 N–H and O–H groups in total. The lowest BCUT2D eigenvalue weighted by atomic mass is 10.2. The molecule has 0 saturated carbocycles. The van der Waals surface area contributed by atoms with Crippen LogP contribution in [0.3, 0.4) is 0 Å². The molecule has 2 amide bonds. The average molecular weight is 361 g/mol. The van der Waals surface area contributed by atoms with E-state index < -0.39 is 11.8 Å². The standard InChI is InChI=1S/C18H17ClN2O4/c1-24-15-9-7-12(11-16(15)25-2)8-10-17(22)20-21-18(23)13-5-3-4-6-14(13)19/h3-11H,1-2H3,(H,20,22)(H,21,23). The topological polar surface area (TPSA) is 76.7 Å². The van der Waals surface area contributed by atoms with E-state index in [0.29, 0.717) is 16.5 Å². The highest BCUT2D eigenvalue weighted by molar-refractivity contribution is 6.33. The molecule has 6 nitrogen and oxygen atoms in total. The number of benzene rings is 2. The number of amides is 2. The molecular weight excluding hydrogens is 344 g/mol. The number of methoxy groups -OCH3 is 2. The van der Waals surface area contributed by atoms with Crippen LogP contribution in [0, 0.1) is 0 Å². The SMILES string of the molecule is COc1ccc(C=CC(=O)NNC(=O)c2ccccc2Cl)cc1OC. The Hall–Kier alpha value is -2.99. The van der Waals surface area contributed by atoms with Crippen molar-refractivity contribution in [3.8, 4) is 11.5 Å². The first-order valence-electron chi connectivity index (χ1n) is 7.30. The summed E-state index contributed by atoms with van der Waals surface area (Å²) in [4.78, 5) is 23.7. The lowest BCUT2D eigenvalue weighted by Gasteiger charge is -2.08. The molecule has 0 atom stereocenters. The molecule has 0 bridgehead atoms. The predicted molar refractivity (Wildman–Crippen MR) is 95.6 cm³/mol. The highest BCUT2D eigenvalue weighted by Crippen LogP contribution is 2.27. The van der Waals surface area contributed by atoms with Crippen LogP contribution in [-0.2, 0) is 4.79 Å². The Morgan fingerprint density at radius 1 is 1.00 bits per heavy atom. The van der Waals surface area contributed by atoms with Gasteiger partial charge in [0.05, 0.1) is 24.8 Å². The fraction of sp³-hybridized carbons (Fsp3) is 0.111. The fourth-order valence-corrected chi connectivity index (χ4v) is 2.22. The maximum atomic E-state index is 11.9. The molecule has 7 heteroatoms. The third-order valence-corrected chi connectivity index (χ3v) is 3.58. The van der Waals surface area contributed by atoms with E-state index in [2.05, 4.69) is 10.9 Å². The third-order valence-electron chi connectivity index (χ3n) is 3.25. The summed E-state index contributed by atoms with van der Waals surface area (Å²) in [6.45, 7) is 0. The number of ether oxygens (including phenoxy) is 2. The Balaban J connectivity index is 1.95. The molecule has 0 aliphatic rings. The van der Waals surface area contributed by atoms with Crippen molar-refractivity contribution in [2.75, 3.05) is 14.2 Å². The maximum absolute atomic E-state index is 11.9. The van der Waals surface area contributed by atoms with E-state index in [1.165, 1.54) is 13.2 Å². The van der Waals surface area contributed by atoms with E-state index in [0.717, 1.165) is 5.56 Å². The van der Waals surface area contributed by atoms with Crippen LogP contribution in [-0.4, -0.2) is 26.0 Å². The van der Waals surface area contributed by atoms with Crippen molar-refractivity contribution < 1.29 is 19.1 Å². The van der Waals surface area contributed by atoms with Gasteiger partial charge in [0.25, 0.3) is 11.8 Å². The van der Waals surface area contributed by atoms with E-state index in [4.69, 9.17) is 21.1 Å². The van der Waals surface area contributed by atoms with Crippen LogP contribution >= 0.6 is 11.6 Å². The first kappa shape index (κ1) is 18.4. The Kier molecular flexibility index (Phi) is 6.42. The van der Waals surface area contributed by atoms with E-state index in [9.17, 15) is 9.59 Å². The number of hydrogen-bond donors (Lipinski definition) is 2. The summed E-state index contributed by atoms with van der Waals surface area (Å²) in [5.74, 6) is 0.154. The number of hydrogen-bond acceptors (Lipinski definition) is 4. The van der Waals surface area contributed by atoms with Crippen molar-refractivity contribution in [1.29, 1.82) is 0 Å². The van der Waals surface area contributed by atoms with Crippen molar-refractivity contribution in [3.63, 3.8) is 0 Å². The monoisotopic (exact) mass is 360 g/mol. The van der Waals surface area contributed by atoms with E-state index >= 15 is 0 Å². The summed E-state index contributed by atoms with van der Waals surface area (Å²) in [6.07, 6.45) is 2.87. The molecule has 25 heavy (non-hydrogen) atoms. The lowest BCUT2D eigenvalue weighted by Crippen LogP contribution is -2.40. The van der Waals surface area contributed by atoms with Gasteiger partial charge in [0.2, 0.25) is 0 Å². The Morgan fingerprint density at radius 2 is 1.72 bits per heavy atom. The minimum Gasteiger partial charge on any atom is -0.493 e. The van der Waals surface area contributed by atoms with Gasteiger partial charge in [-0.05, 0) is 35.9 Å². The van der Waals surface area contributed by atoms with Gasteiger partial charge in [-0.3, -0.25) is 20.4 Å². The van der Waals surface area contributed by atoms with Gasteiger partial charge in [0, 0.05) is 6.08 Å². The van der Waals surface area contributed by atoms with Gasteiger partial charge in [-0.2, -0.15) is 0 Å². The minimum atomic E-state index is -0.501. The van der Waals surface area contributed by atoms with Gasteiger partial charge in [-0.15, -0.1) is 0 Å². The Morgan fingerprint density at radius 3 is 2.40 bits per heavy atom. The summed E-state index contributed by atoms with van der Waals surface area (Å²) in [5.41, 5.74) is 5.60. The predicted octanol–water partition coefficient (Wildman–Crippen LogP) is 2.83. The molecule has 2 aromatic rings. The van der Waals surface area contributed by atoms with Crippen molar-refractivity contribution in [1.82, 2.24) is 10.9 Å². The molecule has 0 spiro atoms. The zero-order valence-corrected chi connectivity index (χ0v) is 14.5. The molecule has 0 unspecified atom stereocenters. The molecule has 0 saturated heterocycles. The maximum Gasteiger partial charge on any atom is 0.271 e. The zero-order chi connectivity index (χ0) is 18.2. The van der Waals surface area contributed by atoms with E-state index in [1.54, 1.807) is 55.7 Å². The van der Waals surface area contributed by atoms with Crippen LogP contribution in [0.15, 0.2) is 48.5 Å². The smallest absolute Gasteiger partial charge is 0.271 e. The number of hydrazine groups is 1. The molecule has 0 heterocycles. The fourth-order valence-electron chi connectivity index (χ4n) is 2.00. The first-order chi connectivity index (χ1) is 12.0. The van der Waals surface area contributed by atoms with Gasteiger partial charge in [0.15, 0.2) is 11.5 Å². The number of rotatable bonds is 5. The van der Waals surface area contributed by atoms with Gasteiger partial charge in [0.1, 0.15) is 0 Å². The molecule has 2 rings (SSSR count). The van der Waals surface area contributed by atoms with E-state index in [-0.39, 0.29) is 5.56 Å². The van der Waals surface area contributed by atoms with Crippen LogP contribution in [0.5, 0.6) is 11.5 Å². The lowest BCUT2D eigenvalue weighted by molar-refractivity contribution is -0.117. The zero-order valence-electron chi connectivity index (χ0n) is 13.7. The summed E-state index contributed by atoms with van der Waals surface area (Å²) in [6, 6.07) is 11.8. The second kappa shape index (κ2) is 8.75. The second-order valence-electron chi connectivity index (χ2n) is 4.87. The third kappa shape index (κ3) is 4.99. The van der Waals surface area contributed by atoms with Crippen molar-refractivity contribution >= 4 is 29.5 Å². The largest absolute Gasteiger partial charge is 0.493 e. The molecule has 130 valence electrons. The average Bonchev–Trinajstić information content (AvgIpc) is 2.64. The van der Waals surface area contributed by atoms with Gasteiger partial charge >= 0.3 is 0 Å². The summed E-state index contributed by atoms with van der Waals surface area (Å²) >= 11 is 5.92. The minimum absolute atomic E-state index is 0.272. The summed E-state index contributed by atoms with van der Waals surface area (Å²) < 4.78 is 10.3. The number of halogens is 1. The summed E-state index contributed by atoms with van der Waals surface area (Å²) in [5, 5.41) is 0.301. The highest BCUT2D eigenvalue weighted by Gasteiger charge is 2.09. The quantitative estimate of drug-likeness (QED) is 0.635. The number of carbonyl (C=O) groups excluding carboxylic acids is 2. The van der Waals surface area contributed by atoms with Crippen LogP contribution < -0.4 is 20.3 Å². The van der Waals surface area contributed by atoms with Crippen LogP contribution in [0.4, 0.5) is 0 Å². The molecule has 2 aromatic carbocycles. The van der Waals surface area contributed by atoms with Crippen molar-refractivity contribution in [2.45, 2.75) is 0 Å². The number of nitrogens with one attached hydrogen (secondary N) is 2. The first-order valence-corrected chi connectivity index (χ1v) is 7.68. The van der Waals surface area contributed by atoms with Crippen molar-refractivity contribution in [3.05, 3.63) is 64.7 Å². The van der Waals surface area contributed by atoms with E-state index in [1.807, 2.05) is 0 Å². The normalized spacial score (nSPS) is 10.4.